The minimum Gasteiger partial charge on any atom is -0.461 e. The van der Waals surface area contributed by atoms with Crippen molar-refractivity contribution in [2.24, 2.45) is 5.10 Å². The van der Waals surface area contributed by atoms with Gasteiger partial charge in [0.05, 0.1) is 6.61 Å². The molecule has 0 aliphatic heterocycles. The fourth-order valence-electron chi connectivity index (χ4n) is 0.984. The Morgan fingerprint density at radius 2 is 2.31 bits per heavy atom. The predicted molar refractivity (Wildman–Crippen MR) is 59.2 cm³/mol. The summed E-state index contributed by atoms with van der Waals surface area (Å²) in [6, 6.07) is 3.47. The Hall–Kier alpha value is -2.11. The quantitative estimate of drug-likeness (QED) is 0.336. The first-order valence-corrected chi connectivity index (χ1v) is 4.80. The number of rotatable bonds is 5. The number of ketones is 1. The molecule has 86 valence electrons. The number of Topliss-reactive ketones (excluding diaryl/α,β-unsaturated/α-hetero) is 1. The van der Waals surface area contributed by atoms with Gasteiger partial charge in [0.2, 0.25) is 5.71 Å². The van der Waals surface area contributed by atoms with Crippen LogP contribution < -0.4 is 5.43 Å². The summed E-state index contributed by atoms with van der Waals surface area (Å²) in [5, 5.41) is 3.70. The van der Waals surface area contributed by atoms with Crippen LogP contribution in [-0.2, 0) is 14.3 Å². The Morgan fingerprint density at radius 1 is 1.56 bits per heavy atom. The third kappa shape index (κ3) is 3.23. The van der Waals surface area contributed by atoms with Gasteiger partial charge >= 0.3 is 5.97 Å². The number of nitrogens with one attached hydrogen (secondary N) is 2. The van der Waals surface area contributed by atoms with Crippen LogP contribution in [0, 0.1) is 0 Å². The maximum Gasteiger partial charge on any atom is 0.362 e. The van der Waals surface area contributed by atoms with Crippen LogP contribution in [0.1, 0.15) is 13.8 Å². The molecule has 0 spiro atoms. The summed E-state index contributed by atoms with van der Waals surface area (Å²) >= 11 is 0. The number of carbonyl (C=O) groups is 2. The summed E-state index contributed by atoms with van der Waals surface area (Å²) in [6.45, 7) is 3.12. The van der Waals surface area contributed by atoms with E-state index in [0.29, 0.717) is 5.82 Å². The van der Waals surface area contributed by atoms with E-state index in [-0.39, 0.29) is 12.3 Å². The molecule has 0 fully saturated rings. The molecule has 0 atom stereocenters. The molecule has 1 rings (SSSR count). The second kappa shape index (κ2) is 5.69. The fraction of sp³-hybridized carbons (Fsp3) is 0.300. The first-order valence-electron chi connectivity index (χ1n) is 4.80. The standard InChI is InChI=1S/C10H13N3O3/c1-3-16-10(15)9(7(2)14)13-12-8-5-4-6-11-8/h4-6,11-12H,3H2,1-2H3/b13-9-. The second-order valence-corrected chi connectivity index (χ2v) is 2.93. The number of nitrogens with zero attached hydrogens (tertiary/aromatic N) is 1. The van der Waals surface area contributed by atoms with Crippen LogP contribution >= 0.6 is 0 Å². The third-order valence-corrected chi connectivity index (χ3v) is 1.69. The topological polar surface area (TPSA) is 83.5 Å². The Bertz CT molecular complexity index is 395. The second-order valence-electron chi connectivity index (χ2n) is 2.93. The first kappa shape index (κ1) is 12.0. The summed E-state index contributed by atoms with van der Waals surface area (Å²) in [5.41, 5.74) is 2.30. The van der Waals surface area contributed by atoms with Crippen LogP contribution in [0.5, 0.6) is 0 Å². The third-order valence-electron chi connectivity index (χ3n) is 1.69. The van der Waals surface area contributed by atoms with Crippen LogP contribution in [0.15, 0.2) is 23.4 Å². The molecule has 1 aromatic rings. The van der Waals surface area contributed by atoms with Gasteiger partial charge in [-0.2, -0.15) is 5.10 Å². The van der Waals surface area contributed by atoms with Crippen LogP contribution in [0.2, 0.25) is 0 Å². The van der Waals surface area contributed by atoms with Gasteiger partial charge in [-0.3, -0.25) is 10.2 Å². The van der Waals surface area contributed by atoms with Crippen LogP contribution in [-0.4, -0.2) is 29.1 Å². The van der Waals surface area contributed by atoms with Crippen molar-refractivity contribution < 1.29 is 14.3 Å². The van der Waals surface area contributed by atoms with Gasteiger partial charge in [-0.25, -0.2) is 4.79 Å². The monoisotopic (exact) mass is 223 g/mol. The molecule has 6 heteroatoms. The highest BCUT2D eigenvalue weighted by molar-refractivity contribution is 6.64. The van der Waals surface area contributed by atoms with Crippen molar-refractivity contribution in [3.8, 4) is 0 Å². The molecular weight excluding hydrogens is 210 g/mol. The van der Waals surface area contributed by atoms with E-state index in [1.54, 1.807) is 25.3 Å². The van der Waals surface area contributed by atoms with Gasteiger partial charge in [-0.15, -0.1) is 0 Å². The average molecular weight is 223 g/mol. The number of hydrogen-bond donors (Lipinski definition) is 2. The molecule has 0 aliphatic carbocycles. The number of ether oxygens (including phenoxy) is 1. The van der Waals surface area contributed by atoms with Crippen molar-refractivity contribution in [3.05, 3.63) is 18.3 Å². The number of anilines is 1. The molecular formula is C10H13N3O3. The minimum atomic E-state index is -0.728. The van der Waals surface area contributed by atoms with E-state index in [9.17, 15) is 9.59 Å². The molecule has 0 bridgehead atoms. The van der Waals surface area contributed by atoms with Crippen LogP contribution in [0.3, 0.4) is 0 Å². The van der Waals surface area contributed by atoms with Crippen LogP contribution in [0.4, 0.5) is 5.82 Å². The largest absolute Gasteiger partial charge is 0.461 e. The van der Waals surface area contributed by atoms with E-state index in [4.69, 9.17) is 4.74 Å². The van der Waals surface area contributed by atoms with Crippen molar-refractivity contribution in [2.75, 3.05) is 12.0 Å². The van der Waals surface area contributed by atoms with Crippen LogP contribution in [0.25, 0.3) is 0 Å². The molecule has 0 aliphatic rings. The number of aromatic nitrogens is 1. The highest BCUT2D eigenvalue weighted by Gasteiger charge is 2.17. The smallest absolute Gasteiger partial charge is 0.362 e. The van der Waals surface area contributed by atoms with Gasteiger partial charge in [0, 0.05) is 13.1 Å². The molecule has 0 radical (unpaired) electrons. The number of hydrogen-bond acceptors (Lipinski definition) is 5. The Morgan fingerprint density at radius 3 is 2.81 bits per heavy atom. The molecule has 0 unspecified atom stereocenters. The normalized spacial score (nSPS) is 11.0. The summed E-state index contributed by atoms with van der Waals surface area (Å²) in [6.07, 6.45) is 1.69. The molecule has 2 N–H and O–H groups in total. The van der Waals surface area contributed by atoms with Gasteiger partial charge < -0.3 is 9.72 Å². The number of esters is 1. The lowest BCUT2D eigenvalue weighted by atomic mass is 10.3. The Kier molecular flexibility index (Phi) is 4.26. The van der Waals surface area contributed by atoms with E-state index in [1.807, 2.05) is 0 Å². The van der Waals surface area contributed by atoms with Crippen molar-refractivity contribution in [1.29, 1.82) is 0 Å². The van der Waals surface area contributed by atoms with Crippen molar-refractivity contribution >= 4 is 23.3 Å². The fourth-order valence-corrected chi connectivity index (χ4v) is 0.984. The minimum absolute atomic E-state index is 0.202. The van der Waals surface area contributed by atoms with Gasteiger partial charge in [-0.05, 0) is 19.1 Å². The van der Waals surface area contributed by atoms with Gasteiger partial charge in [0.1, 0.15) is 5.82 Å². The zero-order valence-electron chi connectivity index (χ0n) is 9.11. The molecule has 0 amide bonds. The maximum atomic E-state index is 11.3. The zero-order valence-corrected chi connectivity index (χ0v) is 9.11. The number of aromatic amines is 1. The van der Waals surface area contributed by atoms with Crippen molar-refractivity contribution in [2.45, 2.75) is 13.8 Å². The Balaban J connectivity index is 2.73. The number of carbonyl (C=O) groups excluding carboxylic acids is 2. The SMILES string of the molecule is CCOC(=O)/C(=N\Nc1ccc[nH]1)C(C)=O. The molecule has 0 saturated heterocycles. The molecule has 0 saturated carbocycles. The van der Waals surface area contributed by atoms with Gasteiger partial charge in [-0.1, -0.05) is 0 Å². The van der Waals surface area contributed by atoms with E-state index in [2.05, 4.69) is 15.5 Å². The molecule has 6 nitrogen and oxygen atoms in total. The molecule has 1 heterocycles. The highest BCUT2D eigenvalue weighted by atomic mass is 16.5. The number of hydrazone groups is 1. The lowest BCUT2D eigenvalue weighted by Gasteiger charge is -2.02. The summed E-state index contributed by atoms with van der Waals surface area (Å²) < 4.78 is 4.69. The Labute approximate surface area is 92.7 Å². The van der Waals surface area contributed by atoms with Crippen molar-refractivity contribution in [3.63, 3.8) is 0 Å². The molecule has 16 heavy (non-hydrogen) atoms. The van der Waals surface area contributed by atoms with E-state index in [1.165, 1.54) is 6.92 Å². The first-order chi connectivity index (χ1) is 7.65. The summed E-state index contributed by atoms with van der Waals surface area (Å²) in [5.74, 6) is -0.588. The van der Waals surface area contributed by atoms with Gasteiger partial charge in [0.25, 0.3) is 0 Å². The predicted octanol–water partition coefficient (Wildman–Crippen LogP) is 0.935. The zero-order chi connectivity index (χ0) is 12.0. The average Bonchev–Trinajstić information content (AvgIpc) is 2.70. The molecule has 0 aromatic carbocycles. The van der Waals surface area contributed by atoms with E-state index < -0.39 is 11.8 Å². The van der Waals surface area contributed by atoms with Crippen molar-refractivity contribution in [1.82, 2.24) is 4.98 Å². The summed E-state index contributed by atoms with van der Waals surface area (Å²) in [4.78, 5) is 25.3. The van der Waals surface area contributed by atoms with E-state index in [0.717, 1.165) is 0 Å². The lowest BCUT2D eigenvalue weighted by molar-refractivity contribution is -0.135. The maximum absolute atomic E-state index is 11.3. The van der Waals surface area contributed by atoms with E-state index >= 15 is 0 Å². The number of H-pyrrole nitrogens is 1. The molecule has 1 aromatic heterocycles. The summed E-state index contributed by atoms with van der Waals surface area (Å²) in [7, 11) is 0. The van der Waals surface area contributed by atoms with Gasteiger partial charge in [0.15, 0.2) is 5.78 Å². The lowest BCUT2D eigenvalue weighted by Crippen LogP contribution is -2.25. The highest BCUT2D eigenvalue weighted by Crippen LogP contribution is 2.01.